The second-order valence-corrected chi connectivity index (χ2v) is 4.84. The molecule has 0 bridgehead atoms. The van der Waals surface area contributed by atoms with Gasteiger partial charge in [-0.1, -0.05) is 13.8 Å². The largest absolute Gasteiger partial charge is 0.225 e. The molecule has 0 aliphatic rings. The normalized spacial score (nSPS) is 11.1. The molecule has 16 heavy (non-hydrogen) atoms. The Balaban J connectivity index is 2.46. The molecule has 2 aromatic rings. The Kier molecular flexibility index (Phi) is 3.25. The average molecular weight is 302 g/mol. The van der Waals surface area contributed by atoms with Gasteiger partial charge in [-0.25, -0.2) is 9.67 Å². The molecule has 84 valence electrons. The Morgan fingerprint density at radius 3 is 2.81 bits per heavy atom. The van der Waals surface area contributed by atoms with Crippen molar-refractivity contribution >= 4 is 27.5 Å². The third kappa shape index (κ3) is 2.25. The SMILES string of the molecule is CC(C)c1ccn(-c2nc(Cl)ncc2Br)n1. The van der Waals surface area contributed by atoms with Crippen molar-refractivity contribution < 1.29 is 0 Å². The van der Waals surface area contributed by atoms with Crippen LogP contribution in [0.15, 0.2) is 22.9 Å². The van der Waals surface area contributed by atoms with E-state index in [0.29, 0.717) is 11.7 Å². The van der Waals surface area contributed by atoms with E-state index in [1.807, 2.05) is 12.3 Å². The van der Waals surface area contributed by atoms with Crippen LogP contribution in [-0.2, 0) is 0 Å². The van der Waals surface area contributed by atoms with Gasteiger partial charge in [-0.05, 0) is 39.5 Å². The highest BCUT2D eigenvalue weighted by Gasteiger charge is 2.09. The first-order valence-electron chi connectivity index (χ1n) is 4.82. The summed E-state index contributed by atoms with van der Waals surface area (Å²) in [5.74, 6) is 1.03. The molecule has 2 heterocycles. The van der Waals surface area contributed by atoms with Crippen molar-refractivity contribution in [1.29, 1.82) is 0 Å². The van der Waals surface area contributed by atoms with E-state index in [1.54, 1.807) is 10.9 Å². The highest BCUT2D eigenvalue weighted by molar-refractivity contribution is 9.10. The van der Waals surface area contributed by atoms with Crippen LogP contribution in [0.5, 0.6) is 0 Å². The van der Waals surface area contributed by atoms with Gasteiger partial charge in [0.05, 0.1) is 10.2 Å². The van der Waals surface area contributed by atoms with Crippen LogP contribution < -0.4 is 0 Å². The summed E-state index contributed by atoms with van der Waals surface area (Å²) < 4.78 is 2.45. The molecule has 0 saturated heterocycles. The van der Waals surface area contributed by atoms with E-state index in [2.05, 4.69) is 44.8 Å². The maximum Gasteiger partial charge on any atom is 0.224 e. The Morgan fingerprint density at radius 2 is 2.19 bits per heavy atom. The first-order valence-corrected chi connectivity index (χ1v) is 5.99. The minimum absolute atomic E-state index is 0.208. The van der Waals surface area contributed by atoms with Gasteiger partial charge < -0.3 is 0 Å². The lowest BCUT2D eigenvalue weighted by molar-refractivity contribution is 0.753. The molecule has 0 radical (unpaired) electrons. The number of hydrogen-bond acceptors (Lipinski definition) is 3. The lowest BCUT2D eigenvalue weighted by Gasteiger charge is -2.03. The molecule has 4 nitrogen and oxygen atoms in total. The number of aromatic nitrogens is 4. The smallest absolute Gasteiger partial charge is 0.224 e. The molecule has 0 aromatic carbocycles. The van der Waals surface area contributed by atoms with Crippen molar-refractivity contribution in [2.24, 2.45) is 0 Å². The zero-order valence-electron chi connectivity index (χ0n) is 8.85. The number of halogens is 2. The molecule has 0 saturated carbocycles. The van der Waals surface area contributed by atoms with Gasteiger partial charge in [0.2, 0.25) is 5.28 Å². The van der Waals surface area contributed by atoms with Crippen LogP contribution in [0.2, 0.25) is 5.28 Å². The summed E-state index contributed by atoms with van der Waals surface area (Å²) in [5, 5.41) is 4.63. The molecule has 0 spiro atoms. The van der Waals surface area contributed by atoms with E-state index in [4.69, 9.17) is 11.6 Å². The molecule has 2 rings (SSSR count). The van der Waals surface area contributed by atoms with Gasteiger partial charge in [0, 0.05) is 12.4 Å². The van der Waals surface area contributed by atoms with E-state index < -0.39 is 0 Å². The van der Waals surface area contributed by atoms with Crippen LogP contribution in [-0.4, -0.2) is 19.7 Å². The van der Waals surface area contributed by atoms with E-state index >= 15 is 0 Å². The third-order valence-corrected chi connectivity index (χ3v) is 2.86. The number of nitrogens with zero attached hydrogens (tertiary/aromatic N) is 4. The molecule has 0 fully saturated rings. The van der Waals surface area contributed by atoms with Crippen LogP contribution in [0, 0.1) is 0 Å². The Labute approximate surface area is 107 Å². The highest BCUT2D eigenvalue weighted by Crippen LogP contribution is 2.20. The van der Waals surface area contributed by atoms with Crippen LogP contribution in [0.25, 0.3) is 5.82 Å². The first kappa shape index (κ1) is 11.5. The minimum atomic E-state index is 0.208. The fraction of sp³-hybridized carbons (Fsp3) is 0.300. The monoisotopic (exact) mass is 300 g/mol. The number of rotatable bonds is 2. The lowest BCUT2D eigenvalue weighted by atomic mass is 10.1. The van der Waals surface area contributed by atoms with Gasteiger partial charge in [0.25, 0.3) is 0 Å². The standard InChI is InChI=1S/C10H10BrClN4/c1-6(2)8-3-4-16(15-8)9-7(11)5-13-10(12)14-9/h3-6H,1-2H3. The van der Waals surface area contributed by atoms with E-state index in [0.717, 1.165) is 10.2 Å². The summed E-state index contributed by atoms with van der Waals surface area (Å²) in [7, 11) is 0. The van der Waals surface area contributed by atoms with Crippen LogP contribution >= 0.6 is 27.5 Å². The molecular weight excluding hydrogens is 291 g/mol. The summed E-state index contributed by atoms with van der Waals surface area (Å²) in [4.78, 5) is 8.00. The topological polar surface area (TPSA) is 43.6 Å². The van der Waals surface area contributed by atoms with Gasteiger partial charge in [0.1, 0.15) is 0 Å². The van der Waals surface area contributed by atoms with Crippen molar-refractivity contribution in [3.8, 4) is 5.82 Å². The van der Waals surface area contributed by atoms with E-state index in [9.17, 15) is 0 Å². The summed E-state index contributed by atoms with van der Waals surface area (Å²) in [6, 6.07) is 1.97. The van der Waals surface area contributed by atoms with Crippen molar-refractivity contribution in [3.63, 3.8) is 0 Å². The molecule has 2 aromatic heterocycles. The quantitative estimate of drug-likeness (QED) is 0.800. The average Bonchev–Trinajstić information content (AvgIpc) is 2.70. The highest BCUT2D eigenvalue weighted by atomic mass is 79.9. The molecule has 0 aliphatic heterocycles. The van der Waals surface area contributed by atoms with Gasteiger partial charge in [-0.15, -0.1) is 0 Å². The van der Waals surface area contributed by atoms with Crippen molar-refractivity contribution in [2.75, 3.05) is 0 Å². The van der Waals surface area contributed by atoms with E-state index in [-0.39, 0.29) is 5.28 Å². The third-order valence-electron chi connectivity index (χ3n) is 2.11. The fourth-order valence-electron chi connectivity index (χ4n) is 1.26. The summed E-state index contributed by atoms with van der Waals surface area (Å²) in [6.07, 6.45) is 3.47. The molecular formula is C10H10BrClN4. The predicted molar refractivity (Wildman–Crippen MR) is 66.0 cm³/mol. The summed E-state index contributed by atoms with van der Waals surface area (Å²) in [6.45, 7) is 4.18. The lowest BCUT2D eigenvalue weighted by Crippen LogP contribution is -2.02. The maximum atomic E-state index is 5.75. The van der Waals surface area contributed by atoms with Gasteiger partial charge in [0.15, 0.2) is 5.82 Å². The summed E-state index contributed by atoms with van der Waals surface area (Å²) >= 11 is 9.12. The fourth-order valence-corrected chi connectivity index (χ4v) is 1.76. The predicted octanol–water partition coefficient (Wildman–Crippen LogP) is 3.20. The molecule has 6 heteroatoms. The molecule has 0 aliphatic carbocycles. The van der Waals surface area contributed by atoms with Crippen LogP contribution in [0.3, 0.4) is 0 Å². The van der Waals surface area contributed by atoms with Gasteiger partial charge in [-0.3, -0.25) is 0 Å². The maximum absolute atomic E-state index is 5.75. The zero-order chi connectivity index (χ0) is 11.7. The second kappa shape index (κ2) is 4.51. The zero-order valence-corrected chi connectivity index (χ0v) is 11.2. The van der Waals surface area contributed by atoms with Crippen molar-refractivity contribution in [1.82, 2.24) is 19.7 Å². The van der Waals surface area contributed by atoms with Crippen molar-refractivity contribution in [3.05, 3.63) is 33.9 Å². The Bertz CT molecular complexity index is 509. The minimum Gasteiger partial charge on any atom is -0.225 e. The summed E-state index contributed by atoms with van der Waals surface area (Å²) in [5.41, 5.74) is 1.02. The molecule has 0 amide bonds. The van der Waals surface area contributed by atoms with Crippen molar-refractivity contribution in [2.45, 2.75) is 19.8 Å². The molecule has 0 atom stereocenters. The molecule has 0 unspecified atom stereocenters. The first-order chi connectivity index (χ1) is 7.58. The Morgan fingerprint density at radius 1 is 1.44 bits per heavy atom. The van der Waals surface area contributed by atoms with Crippen LogP contribution in [0.1, 0.15) is 25.5 Å². The molecule has 0 N–H and O–H groups in total. The Hall–Kier alpha value is -0.940. The van der Waals surface area contributed by atoms with Crippen LogP contribution in [0.4, 0.5) is 0 Å². The number of hydrogen-bond donors (Lipinski definition) is 0. The van der Waals surface area contributed by atoms with Gasteiger partial charge >= 0.3 is 0 Å². The van der Waals surface area contributed by atoms with Gasteiger partial charge in [-0.2, -0.15) is 10.1 Å². The van der Waals surface area contributed by atoms with E-state index in [1.165, 1.54) is 0 Å². The second-order valence-electron chi connectivity index (χ2n) is 3.65.